The first-order chi connectivity index (χ1) is 10.7. The van der Waals surface area contributed by atoms with E-state index in [1.807, 2.05) is 41.1 Å². The molecule has 0 unspecified atom stereocenters. The second kappa shape index (κ2) is 6.34. The van der Waals surface area contributed by atoms with Gasteiger partial charge < -0.3 is 5.73 Å². The summed E-state index contributed by atoms with van der Waals surface area (Å²) in [5, 5.41) is 5.46. The second-order valence-corrected chi connectivity index (χ2v) is 5.70. The molecular formula is C18H18ClN3. The van der Waals surface area contributed by atoms with E-state index in [1.165, 1.54) is 5.56 Å². The van der Waals surface area contributed by atoms with Gasteiger partial charge in [-0.05, 0) is 43.3 Å². The van der Waals surface area contributed by atoms with E-state index in [1.54, 1.807) is 0 Å². The highest BCUT2D eigenvalue weighted by molar-refractivity contribution is 6.30. The zero-order valence-corrected chi connectivity index (χ0v) is 13.2. The quantitative estimate of drug-likeness (QED) is 0.791. The summed E-state index contributed by atoms with van der Waals surface area (Å²) in [6, 6.07) is 18.1. The standard InChI is InChI=1S/C18H18ClN3/c1-13-4-2-3-5-17(13)22-18(12-16(21-22)10-11-20)14-6-8-15(19)9-7-14/h2-9,12H,10-11,20H2,1H3. The number of aryl methyl sites for hydroxylation is 1. The number of nitrogens with zero attached hydrogens (tertiary/aromatic N) is 2. The Morgan fingerprint density at radius 3 is 2.50 bits per heavy atom. The maximum Gasteiger partial charge on any atom is 0.0743 e. The highest BCUT2D eigenvalue weighted by Crippen LogP contribution is 2.26. The summed E-state index contributed by atoms with van der Waals surface area (Å²) >= 11 is 6.00. The molecule has 0 spiro atoms. The lowest BCUT2D eigenvalue weighted by molar-refractivity contribution is 0.822. The van der Waals surface area contributed by atoms with Gasteiger partial charge in [-0.15, -0.1) is 0 Å². The molecule has 3 aromatic rings. The predicted molar refractivity (Wildman–Crippen MR) is 91.5 cm³/mol. The fraction of sp³-hybridized carbons (Fsp3) is 0.167. The van der Waals surface area contributed by atoms with Crippen molar-refractivity contribution in [1.82, 2.24) is 9.78 Å². The van der Waals surface area contributed by atoms with Crippen molar-refractivity contribution in [2.45, 2.75) is 13.3 Å². The van der Waals surface area contributed by atoms with Crippen LogP contribution in [0.4, 0.5) is 0 Å². The molecule has 2 N–H and O–H groups in total. The van der Waals surface area contributed by atoms with E-state index in [-0.39, 0.29) is 0 Å². The first-order valence-corrected chi connectivity index (χ1v) is 7.68. The van der Waals surface area contributed by atoms with Crippen molar-refractivity contribution in [3.8, 4) is 16.9 Å². The minimum Gasteiger partial charge on any atom is -0.330 e. The van der Waals surface area contributed by atoms with Gasteiger partial charge in [-0.25, -0.2) is 4.68 Å². The molecule has 3 rings (SSSR count). The Bertz CT molecular complexity index is 775. The van der Waals surface area contributed by atoms with Gasteiger partial charge in [0.05, 0.1) is 17.1 Å². The van der Waals surface area contributed by atoms with Crippen LogP contribution in [0.25, 0.3) is 16.9 Å². The normalized spacial score (nSPS) is 10.9. The molecule has 0 saturated carbocycles. The van der Waals surface area contributed by atoms with Crippen molar-refractivity contribution in [1.29, 1.82) is 0 Å². The lowest BCUT2D eigenvalue weighted by Gasteiger charge is -2.10. The summed E-state index contributed by atoms with van der Waals surface area (Å²) in [7, 11) is 0. The molecule has 112 valence electrons. The largest absolute Gasteiger partial charge is 0.330 e. The highest BCUT2D eigenvalue weighted by atomic mass is 35.5. The smallest absolute Gasteiger partial charge is 0.0743 e. The summed E-state index contributed by atoms with van der Waals surface area (Å²) in [6.45, 7) is 2.68. The van der Waals surface area contributed by atoms with E-state index in [4.69, 9.17) is 22.4 Å². The van der Waals surface area contributed by atoms with Crippen molar-refractivity contribution in [3.63, 3.8) is 0 Å². The molecule has 4 heteroatoms. The van der Waals surface area contributed by atoms with E-state index in [9.17, 15) is 0 Å². The molecule has 0 bridgehead atoms. The Kier molecular flexibility index (Phi) is 4.27. The summed E-state index contributed by atoms with van der Waals surface area (Å²) in [5.74, 6) is 0. The van der Waals surface area contributed by atoms with Crippen LogP contribution < -0.4 is 5.73 Å². The van der Waals surface area contributed by atoms with Gasteiger partial charge >= 0.3 is 0 Å². The van der Waals surface area contributed by atoms with Gasteiger partial charge in [-0.2, -0.15) is 5.10 Å². The van der Waals surface area contributed by atoms with Gasteiger partial charge in [0.1, 0.15) is 0 Å². The molecule has 0 aliphatic heterocycles. The maximum atomic E-state index is 6.00. The molecule has 0 radical (unpaired) electrons. The Morgan fingerprint density at radius 2 is 1.82 bits per heavy atom. The van der Waals surface area contributed by atoms with E-state index in [0.717, 1.165) is 34.1 Å². The number of hydrogen-bond donors (Lipinski definition) is 1. The molecule has 3 nitrogen and oxygen atoms in total. The molecule has 0 saturated heterocycles. The van der Waals surface area contributed by atoms with Crippen LogP contribution in [0, 0.1) is 6.92 Å². The molecule has 0 amide bonds. The Labute approximate surface area is 135 Å². The molecule has 1 heterocycles. The zero-order chi connectivity index (χ0) is 15.5. The van der Waals surface area contributed by atoms with Gasteiger partial charge in [0.2, 0.25) is 0 Å². The zero-order valence-electron chi connectivity index (χ0n) is 12.5. The number of aromatic nitrogens is 2. The van der Waals surface area contributed by atoms with Crippen molar-refractivity contribution in [2.24, 2.45) is 5.73 Å². The molecule has 0 aliphatic rings. The number of nitrogens with two attached hydrogens (primary N) is 1. The van der Waals surface area contributed by atoms with E-state index < -0.39 is 0 Å². The van der Waals surface area contributed by atoms with E-state index >= 15 is 0 Å². The summed E-state index contributed by atoms with van der Waals surface area (Å²) in [4.78, 5) is 0. The van der Waals surface area contributed by atoms with Crippen molar-refractivity contribution < 1.29 is 0 Å². The minimum absolute atomic E-state index is 0.588. The van der Waals surface area contributed by atoms with Crippen LogP contribution in [0.15, 0.2) is 54.6 Å². The Hall–Kier alpha value is -2.10. The fourth-order valence-electron chi connectivity index (χ4n) is 2.51. The molecule has 2 aromatic carbocycles. The van der Waals surface area contributed by atoms with Gasteiger partial charge in [0.15, 0.2) is 0 Å². The van der Waals surface area contributed by atoms with Crippen LogP contribution >= 0.6 is 11.6 Å². The summed E-state index contributed by atoms with van der Waals surface area (Å²) in [6.07, 6.45) is 0.763. The molecule has 1 aromatic heterocycles. The minimum atomic E-state index is 0.588. The van der Waals surface area contributed by atoms with Crippen molar-refractivity contribution in [3.05, 3.63) is 70.9 Å². The van der Waals surface area contributed by atoms with Crippen molar-refractivity contribution >= 4 is 11.6 Å². The van der Waals surface area contributed by atoms with Crippen LogP contribution in [-0.4, -0.2) is 16.3 Å². The number of para-hydroxylation sites is 1. The molecule has 0 fully saturated rings. The SMILES string of the molecule is Cc1ccccc1-n1nc(CCN)cc1-c1ccc(Cl)cc1. The Balaban J connectivity index is 2.16. The van der Waals surface area contributed by atoms with Gasteiger partial charge in [-0.3, -0.25) is 0 Å². The summed E-state index contributed by atoms with van der Waals surface area (Å²) < 4.78 is 1.99. The number of halogens is 1. The van der Waals surface area contributed by atoms with Crippen LogP contribution in [-0.2, 0) is 6.42 Å². The van der Waals surface area contributed by atoms with Crippen LogP contribution in [0.3, 0.4) is 0 Å². The highest BCUT2D eigenvalue weighted by Gasteiger charge is 2.12. The summed E-state index contributed by atoms with van der Waals surface area (Å²) in [5.41, 5.74) is 11.1. The number of rotatable bonds is 4. The second-order valence-electron chi connectivity index (χ2n) is 5.26. The van der Waals surface area contributed by atoms with E-state index in [2.05, 4.69) is 25.1 Å². The lowest BCUT2D eigenvalue weighted by atomic mass is 10.1. The average Bonchev–Trinajstić information content (AvgIpc) is 2.93. The van der Waals surface area contributed by atoms with E-state index in [0.29, 0.717) is 6.54 Å². The number of benzene rings is 2. The van der Waals surface area contributed by atoms with Gasteiger partial charge in [0, 0.05) is 17.0 Å². The van der Waals surface area contributed by atoms with Gasteiger partial charge in [0.25, 0.3) is 0 Å². The fourth-order valence-corrected chi connectivity index (χ4v) is 2.64. The average molecular weight is 312 g/mol. The third-order valence-corrected chi connectivity index (χ3v) is 3.90. The number of hydrogen-bond acceptors (Lipinski definition) is 2. The first kappa shape index (κ1) is 14.8. The van der Waals surface area contributed by atoms with Gasteiger partial charge in [-0.1, -0.05) is 41.9 Å². The Morgan fingerprint density at radius 1 is 1.09 bits per heavy atom. The maximum absolute atomic E-state index is 6.00. The third kappa shape index (κ3) is 2.91. The molecule has 0 aliphatic carbocycles. The van der Waals surface area contributed by atoms with Crippen LogP contribution in [0.5, 0.6) is 0 Å². The molecule has 22 heavy (non-hydrogen) atoms. The third-order valence-electron chi connectivity index (χ3n) is 3.64. The predicted octanol–water partition coefficient (Wildman–Crippen LogP) is 4.00. The van der Waals surface area contributed by atoms with Crippen LogP contribution in [0.2, 0.25) is 5.02 Å². The first-order valence-electron chi connectivity index (χ1n) is 7.30. The topological polar surface area (TPSA) is 43.8 Å². The molecular weight excluding hydrogens is 294 g/mol. The monoisotopic (exact) mass is 311 g/mol. The van der Waals surface area contributed by atoms with Crippen LogP contribution in [0.1, 0.15) is 11.3 Å². The molecule has 0 atom stereocenters. The lowest BCUT2D eigenvalue weighted by Crippen LogP contribution is -2.05. The van der Waals surface area contributed by atoms with Crippen molar-refractivity contribution in [2.75, 3.05) is 6.54 Å².